The third-order valence-corrected chi connectivity index (χ3v) is 4.03. The van der Waals surface area contributed by atoms with Crippen molar-refractivity contribution in [2.75, 3.05) is 6.54 Å². The Balaban J connectivity index is 1.63. The largest absolute Gasteiger partial charge is 0.486 e. The van der Waals surface area contributed by atoms with E-state index < -0.39 is 0 Å². The van der Waals surface area contributed by atoms with Gasteiger partial charge in [0.05, 0.1) is 5.69 Å². The molecule has 3 heterocycles. The van der Waals surface area contributed by atoms with Gasteiger partial charge in [0.2, 0.25) is 5.78 Å². The molecule has 1 aromatic carbocycles. The molecule has 0 bridgehead atoms. The summed E-state index contributed by atoms with van der Waals surface area (Å²) in [5.41, 5.74) is 2.02. The fourth-order valence-electron chi connectivity index (χ4n) is 3.20. The van der Waals surface area contributed by atoms with Crippen LogP contribution in [0.25, 0.3) is 5.78 Å². The Morgan fingerprint density at radius 2 is 2.09 bits per heavy atom. The third kappa shape index (κ3) is 2.92. The van der Waals surface area contributed by atoms with Gasteiger partial charge in [0.15, 0.2) is 0 Å². The molecule has 0 spiro atoms. The first-order valence-electron chi connectivity index (χ1n) is 7.87. The second kappa shape index (κ2) is 5.35. The van der Waals surface area contributed by atoms with E-state index in [4.69, 9.17) is 4.74 Å². The zero-order valence-electron chi connectivity index (χ0n) is 13.4. The van der Waals surface area contributed by atoms with Crippen LogP contribution in [0.5, 0.6) is 5.75 Å². The molecule has 0 saturated heterocycles. The number of imidazole rings is 1. The van der Waals surface area contributed by atoms with Gasteiger partial charge in [-0.3, -0.25) is 9.30 Å². The van der Waals surface area contributed by atoms with Crippen molar-refractivity contribution < 1.29 is 4.74 Å². The summed E-state index contributed by atoms with van der Waals surface area (Å²) < 4.78 is 8.15. The van der Waals surface area contributed by atoms with E-state index in [2.05, 4.69) is 46.9 Å². The molecule has 0 fully saturated rings. The third-order valence-electron chi connectivity index (χ3n) is 4.03. The number of aromatic nitrogens is 3. The van der Waals surface area contributed by atoms with Gasteiger partial charge in [0.25, 0.3) is 0 Å². The zero-order valence-corrected chi connectivity index (χ0v) is 13.4. The van der Waals surface area contributed by atoms with E-state index in [1.807, 2.05) is 28.9 Å². The highest BCUT2D eigenvalue weighted by Gasteiger charge is 2.29. The maximum atomic E-state index is 6.19. The average Bonchev–Trinajstić information content (AvgIpc) is 2.84. The van der Waals surface area contributed by atoms with E-state index in [0.29, 0.717) is 0 Å². The normalized spacial score (nSPS) is 17.5. The highest BCUT2D eigenvalue weighted by Crippen LogP contribution is 2.29. The number of ether oxygens (including phenoxy) is 1. The molecule has 0 radical (unpaired) electrons. The van der Waals surface area contributed by atoms with Crippen molar-refractivity contribution in [1.82, 2.24) is 19.3 Å². The lowest BCUT2D eigenvalue weighted by Gasteiger charge is -2.29. The van der Waals surface area contributed by atoms with Crippen molar-refractivity contribution in [1.29, 1.82) is 0 Å². The Hall–Kier alpha value is -2.40. The van der Waals surface area contributed by atoms with Crippen LogP contribution in [0.4, 0.5) is 0 Å². The molecule has 0 N–H and O–H groups in total. The van der Waals surface area contributed by atoms with Gasteiger partial charge in [0.1, 0.15) is 11.4 Å². The summed E-state index contributed by atoms with van der Waals surface area (Å²) in [6, 6.07) is 10.2. The second-order valence-corrected chi connectivity index (χ2v) is 6.67. The molecule has 0 saturated carbocycles. The quantitative estimate of drug-likeness (QED) is 0.730. The summed E-state index contributed by atoms with van der Waals surface area (Å²) in [4.78, 5) is 11.3. The van der Waals surface area contributed by atoms with Crippen LogP contribution >= 0.6 is 0 Å². The predicted octanol–water partition coefficient (Wildman–Crippen LogP) is 2.90. The van der Waals surface area contributed by atoms with E-state index >= 15 is 0 Å². The number of rotatable bonds is 2. The highest BCUT2D eigenvalue weighted by atomic mass is 16.5. The van der Waals surface area contributed by atoms with Crippen LogP contribution in [0.2, 0.25) is 0 Å². The topological polar surface area (TPSA) is 42.7 Å². The summed E-state index contributed by atoms with van der Waals surface area (Å²) in [5.74, 6) is 1.73. The van der Waals surface area contributed by atoms with E-state index in [9.17, 15) is 0 Å². The molecule has 118 valence electrons. The number of hydrogen-bond acceptors (Lipinski definition) is 4. The fourth-order valence-corrected chi connectivity index (χ4v) is 3.20. The minimum atomic E-state index is -0.232. The van der Waals surface area contributed by atoms with E-state index in [1.165, 1.54) is 5.56 Å². The number of para-hydroxylation sites is 1. The number of nitrogens with zero attached hydrogens (tertiary/aromatic N) is 4. The standard InChI is InChI=1S/C18H20N4O/c1-18(2)13-21(10-14-6-3-4-7-16(14)23-18)11-15-12-22-9-5-8-19-17(22)20-15/h3-9,12H,10-11,13H2,1-2H3. The van der Waals surface area contributed by atoms with Crippen molar-refractivity contribution in [3.05, 3.63) is 60.2 Å². The molecule has 0 aliphatic carbocycles. The fraction of sp³-hybridized carbons (Fsp3) is 0.333. The number of benzene rings is 1. The van der Waals surface area contributed by atoms with E-state index in [0.717, 1.165) is 36.9 Å². The molecule has 23 heavy (non-hydrogen) atoms. The van der Waals surface area contributed by atoms with Gasteiger partial charge in [0, 0.05) is 43.8 Å². The molecule has 2 aromatic heterocycles. The summed E-state index contributed by atoms with van der Waals surface area (Å²) >= 11 is 0. The Labute approximate surface area is 135 Å². The molecule has 0 unspecified atom stereocenters. The van der Waals surface area contributed by atoms with E-state index in [1.54, 1.807) is 6.20 Å². The maximum absolute atomic E-state index is 6.19. The molecule has 4 rings (SSSR count). The smallest absolute Gasteiger partial charge is 0.233 e. The van der Waals surface area contributed by atoms with Crippen molar-refractivity contribution in [2.24, 2.45) is 0 Å². The monoisotopic (exact) mass is 308 g/mol. The summed E-state index contributed by atoms with van der Waals surface area (Å²) in [5, 5.41) is 0. The highest BCUT2D eigenvalue weighted by molar-refractivity contribution is 5.35. The van der Waals surface area contributed by atoms with Gasteiger partial charge >= 0.3 is 0 Å². The van der Waals surface area contributed by atoms with Gasteiger partial charge in [-0.25, -0.2) is 9.97 Å². The number of fused-ring (bicyclic) bond motifs is 2. The molecule has 5 nitrogen and oxygen atoms in total. The van der Waals surface area contributed by atoms with Crippen LogP contribution < -0.4 is 4.74 Å². The Morgan fingerprint density at radius 1 is 1.22 bits per heavy atom. The summed E-state index contributed by atoms with van der Waals surface area (Å²) in [6.07, 6.45) is 5.79. The average molecular weight is 308 g/mol. The van der Waals surface area contributed by atoms with Crippen LogP contribution in [0.1, 0.15) is 25.1 Å². The van der Waals surface area contributed by atoms with Crippen LogP contribution in [-0.4, -0.2) is 31.4 Å². The van der Waals surface area contributed by atoms with E-state index in [-0.39, 0.29) is 5.60 Å². The Kier molecular flexibility index (Phi) is 3.31. The first kappa shape index (κ1) is 14.2. The summed E-state index contributed by atoms with van der Waals surface area (Å²) in [7, 11) is 0. The van der Waals surface area contributed by atoms with Crippen molar-refractivity contribution in [3.8, 4) is 5.75 Å². The Morgan fingerprint density at radius 3 is 2.96 bits per heavy atom. The van der Waals surface area contributed by atoms with Gasteiger partial charge in [-0.2, -0.15) is 0 Å². The zero-order chi connectivity index (χ0) is 15.9. The SMILES string of the molecule is CC1(C)CN(Cc2cn3cccnc3n2)Cc2ccccc2O1. The van der Waals surface area contributed by atoms with Crippen molar-refractivity contribution >= 4 is 5.78 Å². The van der Waals surface area contributed by atoms with Crippen LogP contribution in [0.15, 0.2) is 48.9 Å². The number of hydrogen-bond donors (Lipinski definition) is 0. The van der Waals surface area contributed by atoms with Gasteiger partial charge in [-0.1, -0.05) is 18.2 Å². The minimum absolute atomic E-state index is 0.232. The first-order chi connectivity index (χ1) is 11.1. The molecule has 1 aliphatic heterocycles. The maximum Gasteiger partial charge on any atom is 0.233 e. The molecule has 3 aromatic rings. The van der Waals surface area contributed by atoms with Crippen LogP contribution in [-0.2, 0) is 13.1 Å². The lowest BCUT2D eigenvalue weighted by atomic mass is 10.1. The molecule has 0 amide bonds. The molecular formula is C18H20N4O. The van der Waals surface area contributed by atoms with Crippen molar-refractivity contribution in [2.45, 2.75) is 32.5 Å². The van der Waals surface area contributed by atoms with Crippen LogP contribution in [0, 0.1) is 0 Å². The molecular weight excluding hydrogens is 288 g/mol. The molecule has 0 atom stereocenters. The molecule has 5 heteroatoms. The van der Waals surface area contributed by atoms with Crippen LogP contribution in [0.3, 0.4) is 0 Å². The molecule has 1 aliphatic rings. The Bertz CT molecular complexity index is 807. The summed E-state index contributed by atoms with van der Waals surface area (Å²) in [6.45, 7) is 6.76. The van der Waals surface area contributed by atoms with Gasteiger partial charge in [-0.15, -0.1) is 0 Å². The van der Waals surface area contributed by atoms with Crippen molar-refractivity contribution in [3.63, 3.8) is 0 Å². The first-order valence-corrected chi connectivity index (χ1v) is 7.87. The van der Waals surface area contributed by atoms with Gasteiger partial charge in [-0.05, 0) is 26.0 Å². The lowest BCUT2D eigenvalue weighted by Crippen LogP contribution is -2.40. The second-order valence-electron chi connectivity index (χ2n) is 6.67. The van der Waals surface area contributed by atoms with Gasteiger partial charge < -0.3 is 4.74 Å². The predicted molar refractivity (Wildman–Crippen MR) is 88.3 cm³/mol. The minimum Gasteiger partial charge on any atom is -0.486 e. The lowest BCUT2D eigenvalue weighted by molar-refractivity contribution is 0.0678.